The number of rotatable bonds is 6. The van der Waals surface area contributed by atoms with Gasteiger partial charge in [-0.05, 0) is 72.9 Å². The third-order valence-electron chi connectivity index (χ3n) is 7.59. The topological polar surface area (TPSA) is 55.8 Å². The summed E-state index contributed by atoms with van der Waals surface area (Å²) in [4.78, 5) is 16.7. The molecule has 1 aliphatic heterocycles. The van der Waals surface area contributed by atoms with Gasteiger partial charge in [-0.3, -0.25) is 19.8 Å². The first-order valence-corrected chi connectivity index (χ1v) is 12.5. The summed E-state index contributed by atoms with van der Waals surface area (Å²) in [5.41, 5.74) is 8.16. The largest absolute Gasteiger partial charge is 0.296 e. The first-order valence-electron chi connectivity index (χ1n) is 12.5. The highest BCUT2D eigenvalue weighted by atomic mass is 16.5. The molecule has 1 aliphatic carbocycles. The highest BCUT2D eigenvalue weighted by Crippen LogP contribution is 2.39. The van der Waals surface area contributed by atoms with Crippen LogP contribution in [-0.4, -0.2) is 46.1 Å². The van der Waals surface area contributed by atoms with Gasteiger partial charge in [-0.15, -0.1) is 0 Å². The van der Waals surface area contributed by atoms with Crippen molar-refractivity contribution in [2.75, 3.05) is 13.1 Å². The van der Waals surface area contributed by atoms with Crippen LogP contribution in [0.3, 0.4) is 0 Å². The van der Waals surface area contributed by atoms with Crippen LogP contribution in [-0.2, 0) is 13.1 Å². The van der Waals surface area contributed by atoms with E-state index in [1.54, 1.807) is 17.6 Å². The van der Waals surface area contributed by atoms with Gasteiger partial charge in [0.15, 0.2) is 0 Å². The zero-order chi connectivity index (χ0) is 24.3. The molecule has 2 atom stereocenters. The van der Waals surface area contributed by atoms with Crippen LogP contribution >= 0.6 is 0 Å². The third kappa shape index (κ3) is 5.77. The van der Waals surface area contributed by atoms with Gasteiger partial charge < -0.3 is 0 Å². The molecular weight excluding hydrogens is 422 g/mol. The minimum atomic E-state index is -0.477. The van der Waals surface area contributed by atoms with E-state index in [0.717, 1.165) is 32.6 Å². The summed E-state index contributed by atoms with van der Waals surface area (Å²) in [5, 5.41) is 8.81. The molecule has 182 valence electrons. The Morgan fingerprint density at radius 3 is 2.32 bits per heavy atom. The molecule has 34 heavy (non-hydrogen) atoms. The summed E-state index contributed by atoms with van der Waals surface area (Å²) in [7, 11) is 0. The minimum absolute atomic E-state index is 0.422. The number of nitrogens with zero attached hydrogens (tertiary/aromatic N) is 2. The van der Waals surface area contributed by atoms with Gasteiger partial charge in [0.05, 0.1) is 0 Å². The molecule has 0 aromatic heterocycles. The van der Waals surface area contributed by atoms with Crippen LogP contribution < -0.4 is 5.48 Å². The lowest BCUT2D eigenvalue weighted by atomic mass is 9.76. The first-order chi connectivity index (χ1) is 16.3. The normalized spacial score (nSPS) is 23.4. The quantitative estimate of drug-likeness (QED) is 0.441. The summed E-state index contributed by atoms with van der Waals surface area (Å²) in [6, 6.07) is 17.3. The highest BCUT2D eigenvalue weighted by Gasteiger charge is 2.30. The van der Waals surface area contributed by atoms with Crippen molar-refractivity contribution in [3.05, 3.63) is 76.9 Å². The zero-order valence-corrected chi connectivity index (χ0v) is 21.1. The number of carbonyl (C=O) groups excluding carboxylic acids is 1. The summed E-state index contributed by atoms with van der Waals surface area (Å²) in [6.45, 7) is 13.3. The maximum atomic E-state index is 11.6. The summed E-state index contributed by atoms with van der Waals surface area (Å²) >= 11 is 0. The van der Waals surface area contributed by atoms with Crippen molar-refractivity contribution in [2.24, 2.45) is 5.41 Å². The Morgan fingerprint density at radius 2 is 1.71 bits per heavy atom. The van der Waals surface area contributed by atoms with E-state index in [1.165, 1.54) is 35.1 Å². The van der Waals surface area contributed by atoms with Gasteiger partial charge >= 0.3 is 0 Å². The number of hydrogen-bond donors (Lipinski definition) is 2. The van der Waals surface area contributed by atoms with Gasteiger partial charge in [-0.25, -0.2) is 5.48 Å². The molecule has 0 radical (unpaired) electrons. The lowest BCUT2D eigenvalue weighted by molar-refractivity contribution is 0.0290. The molecular formula is C29H39N3O2. The predicted molar refractivity (Wildman–Crippen MR) is 137 cm³/mol. The molecule has 0 saturated carbocycles. The molecule has 1 fully saturated rings. The zero-order valence-electron chi connectivity index (χ0n) is 21.1. The van der Waals surface area contributed by atoms with Gasteiger partial charge in [-0.1, -0.05) is 56.3 Å². The van der Waals surface area contributed by atoms with Crippen molar-refractivity contribution in [3.8, 4) is 0 Å². The summed E-state index contributed by atoms with van der Waals surface area (Å²) in [6.07, 6.45) is 6.06. The number of allylic oxidation sites excluding steroid dienone is 2. The van der Waals surface area contributed by atoms with Crippen molar-refractivity contribution in [1.82, 2.24) is 15.3 Å². The summed E-state index contributed by atoms with van der Waals surface area (Å²) in [5.74, 6) is -0.477. The molecule has 5 nitrogen and oxygen atoms in total. The molecule has 1 amide bonds. The molecule has 2 aliphatic rings. The number of piperazine rings is 1. The van der Waals surface area contributed by atoms with Gasteiger partial charge in [-0.2, -0.15) is 0 Å². The Bertz CT molecular complexity index is 1020. The fourth-order valence-corrected chi connectivity index (χ4v) is 5.48. The van der Waals surface area contributed by atoms with E-state index in [4.69, 9.17) is 5.21 Å². The second-order valence-electron chi connectivity index (χ2n) is 11.0. The number of benzene rings is 2. The Morgan fingerprint density at radius 1 is 1.03 bits per heavy atom. The average molecular weight is 462 g/mol. The molecule has 1 saturated heterocycles. The van der Waals surface area contributed by atoms with Gasteiger partial charge in [0.2, 0.25) is 0 Å². The molecule has 2 N–H and O–H groups in total. The van der Waals surface area contributed by atoms with Crippen LogP contribution in [0.15, 0.2) is 54.6 Å². The van der Waals surface area contributed by atoms with E-state index in [1.807, 2.05) is 12.1 Å². The van der Waals surface area contributed by atoms with Gasteiger partial charge in [0.1, 0.15) is 0 Å². The Hall–Kier alpha value is -2.47. The maximum absolute atomic E-state index is 11.6. The number of hydrogen-bond acceptors (Lipinski definition) is 4. The van der Waals surface area contributed by atoms with E-state index < -0.39 is 5.91 Å². The van der Waals surface area contributed by atoms with E-state index in [9.17, 15) is 4.79 Å². The minimum Gasteiger partial charge on any atom is -0.296 e. The van der Waals surface area contributed by atoms with Gasteiger partial charge in [0, 0.05) is 43.8 Å². The Kier molecular flexibility index (Phi) is 7.56. The summed E-state index contributed by atoms with van der Waals surface area (Å²) < 4.78 is 0. The average Bonchev–Trinajstić information content (AvgIpc) is 2.82. The fourth-order valence-electron chi connectivity index (χ4n) is 5.48. The fraction of sp³-hybridized carbons (Fsp3) is 0.483. The Balaban J connectivity index is 1.41. The number of carbonyl (C=O) groups is 1. The monoisotopic (exact) mass is 461 g/mol. The molecule has 5 heteroatoms. The van der Waals surface area contributed by atoms with Crippen molar-refractivity contribution in [1.29, 1.82) is 0 Å². The molecule has 4 rings (SSSR count). The van der Waals surface area contributed by atoms with Crippen LogP contribution in [0.2, 0.25) is 0 Å². The van der Waals surface area contributed by atoms with Crippen LogP contribution in [0.4, 0.5) is 0 Å². The molecule has 1 heterocycles. The standard InChI is InChI=1S/C29H39N3O2/c1-21-17-31(18-22(2)32(21)19-23-9-11-25(12-10-23)28(33)30-34)20-26-7-5-6-8-27(26)24-13-15-29(3,4)16-14-24/h5-13,21-22,34H,14-20H2,1-4H3,(H,30,33)/t21-,22?/m1/s1. The van der Waals surface area contributed by atoms with Crippen LogP contribution in [0.5, 0.6) is 0 Å². The van der Waals surface area contributed by atoms with Crippen LogP contribution in [0.25, 0.3) is 5.57 Å². The lowest BCUT2D eigenvalue weighted by Gasteiger charge is -2.45. The van der Waals surface area contributed by atoms with Crippen LogP contribution in [0, 0.1) is 5.41 Å². The van der Waals surface area contributed by atoms with E-state index in [2.05, 4.69) is 67.8 Å². The smallest absolute Gasteiger partial charge is 0.274 e. The van der Waals surface area contributed by atoms with Crippen molar-refractivity contribution >= 4 is 11.5 Å². The van der Waals surface area contributed by atoms with Crippen molar-refractivity contribution in [2.45, 2.75) is 72.1 Å². The maximum Gasteiger partial charge on any atom is 0.274 e. The van der Waals surface area contributed by atoms with E-state index >= 15 is 0 Å². The van der Waals surface area contributed by atoms with Crippen molar-refractivity contribution in [3.63, 3.8) is 0 Å². The molecule has 0 bridgehead atoms. The molecule has 1 unspecified atom stereocenters. The van der Waals surface area contributed by atoms with E-state index in [0.29, 0.717) is 23.1 Å². The molecule has 0 spiro atoms. The Labute approximate surface area is 204 Å². The number of nitrogens with one attached hydrogen (secondary N) is 1. The number of hydroxylamine groups is 1. The van der Waals surface area contributed by atoms with Gasteiger partial charge in [0.25, 0.3) is 5.91 Å². The third-order valence-corrected chi connectivity index (χ3v) is 7.59. The lowest BCUT2D eigenvalue weighted by Crippen LogP contribution is -2.55. The van der Waals surface area contributed by atoms with Crippen molar-refractivity contribution < 1.29 is 10.0 Å². The second kappa shape index (κ2) is 10.4. The van der Waals surface area contributed by atoms with Crippen LogP contribution in [0.1, 0.15) is 74.0 Å². The van der Waals surface area contributed by atoms with E-state index in [-0.39, 0.29) is 0 Å². The highest BCUT2D eigenvalue weighted by molar-refractivity contribution is 5.93. The SMILES string of the molecule is CC1CN(Cc2ccccc2C2=CCC(C)(C)CC2)C[C@@H](C)N1Cc1ccc(C(=O)NO)cc1. The number of amides is 1. The first kappa shape index (κ1) is 24.6. The predicted octanol–water partition coefficient (Wildman–Crippen LogP) is 5.49. The molecule has 2 aromatic carbocycles. The second-order valence-corrected chi connectivity index (χ2v) is 11.0. The molecule has 2 aromatic rings.